The molecule has 1 aromatic heterocycles. The number of hydrogen-bond acceptors (Lipinski definition) is 5. The topological polar surface area (TPSA) is 91.5 Å². The first kappa shape index (κ1) is 12.9. The van der Waals surface area contributed by atoms with E-state index in [4.69, 9.17) is 14.6 Å². The lowest BCUT2D eigenvalue weighted by Gasteiger charge is -2.12. The Labute approximate surface area is 94.4 Å². The van der Waals surface area contributed by atoms with Crippen molar-refractivity contribution < 1.29 is 17.9 Å². The quantitative estimate of drug-likeness (QED) is 0.798. The predicted molar refractivity (Wildman–Crippen MR) is 57.6 cm³/mol. The highest BCUT2D eigenvalue weighted by atomic mass is 32.2. The van der Waals surface area contributed by atoms with Gasteiger partial charge in [-0.25, -0.2) is 18.5 Å². The van der Waals surface area contributed by atoms with Gasteiger partial charge in [0, 0.05) is 13.2 Å². The highest BCUT2D eigenvalue weighted by Gasteiger charge is 2.09. The fourth-order valence-electron chi connectivity index (χ4n) is 1.08. The van der Waals surface area contributed by atoms with Crippen LogP contribution in [-0.2, 0) is 14.8 Å². The number of nitrogens with two attached hydrogens (primary N) is 1. The molecule has 1 rings (SSSR count). The zero-order valence-electron chi connectivity index (χ0n) is 9.08. The molecule has 6 nitrogen and oxygen atoms in total. The standard InChI is InChI=1S/C9H14N2O4S/c1-7(6-14-2)15-9-4-3-8(5-11-9)16(10,12)13/h3-5,7H,6H2,1-2H3,(H2,10,12,13). The van der Waals surface area contributed by atoms with E-state index in [2.05, 4.69) is 4.98 Å². The van der Waals surface area contributed by atoms with Crippen LogP contribution in [0.2, 0.25) is 0 Å². The molecule has 90 valence electrons. The Hall–Kier alpha value is -1.18. The number of methoxy groups -OCH3 is 1. The molecule has 1 aromatic rings. The van der Waals surface area contributed by atoms with Gasteiger partial charge in [-0.3, -0.25) is 0 Å². The highest BCUT2D eigenvalue weighted by Crippen LogP contribution is 2.12. The molecular formula is C9H14N2O4S. The molecule has 0 aliphatic carbocycles. The van der Waals surface area contributed by atoms with Crippen molar-refractivity contribution in [3.05, 3.63) is 18.3 Å². The second kappa shape index (κ2) is 5.24. The summed E-state index contributed by atoms with van der Waals surface area (Å²) in [7, 11) is -2.13. The normalized spacial score (nSPS) is 13.4. The van der Waals surface area contributed by atoms with E-state index < -0.39 is 10.0 Å². The Morgan fingerprint density at radius 2 is 2.19 bits per heavy atom. The Kier molecular flexibility index (Phi) is 4.22. The molecule has 1 heterocycles. The molecule has 1 atom stereocenters. The second-order valence-electron chi connectivity index (χ2n) is 3.26. The largest absolute Gasteiger partial charge is 0.472 e. The lowest BCUT2D eigenvalue weighted by atomic mass is 10.4. The molecule has 0 fully saturated rings. The van der Waals surface area contributed by atoms with Crippen LogP contribution in [0.15, 0.2) is 23.2 Å². The Bertz CT molecular complexity index is 429. The van der Waals surface area contributed by atoms with Crippen LogP contribution in [-0.4, -0.2) is 33.2 Å². The van der Waals surface area contributed by atoms with Crippen molar-refractivity contribution in [2.45, 2.75) is 17.9 Å². The van der Waals surface area contributed by atoms with Crippen LogP contribution in [0.4, 0.5) is 0 Å². The third-order valence-electron chi connectivity index (χ3n) is 1.76. The van der Waals surface area contributed by atoms with Gasteiger partial charge in [0.1, 0.15) is 11.0 Å². The highest BCUT2D eigenvalue weighted by molar-refractivity contribution is 7.89. The molecule has 0 aliphatic heterocycles. The maximum Gasteiger partial charge on any atom is 0.239 e. The smallest absolute Gasteiger partial charge is 0.239 e. The molecular weight excluding hydrogens is 232 g/mol. The van der Waals surface area contributed by atoms with Gasteiger partial charge in [-0.2, -0.15) is 0 Å². The summed E-state index contributed by atoms with van der Waals surface area (Å²) in [5.41, 5.74) is 0. The molecule has 0 bridgehead atoms. The third-order valence-corrected chi connectivity index (χ3v) is 2.66. The molecule has 7 heteroatoms. The van der Waals surface area contributed by atoms with E-state index in [1.165, 1.54) is 12.1 Å². The van der Waals surface area contributed by atoms with Crippen LogP contribution in [0.25, 0.3) is 0 Å². The first-order valence-electron chi connectivity index (χ1n) is 4.58. The van der Waals surface area contributed by atoms with E-state index in [0.29, 0.717) is 12.5 Å². The van der Waals surface area contributed by atoms with Gasteiger partial charge in [-0.1, -0.05) is 0 Å². The van der Waals surface area contributed by atoms with Crippen molar-refractivity contribution in [1.29, 1.82) is 0 Å². The average molecular weight is 246 g/mol. The van der Waals surface area contributed by atoms with Crippen molar-refractivity contribution in [2.75, 3.05) is 13.7 Å². The molecule has 0 aromatic carbocycles. The number of aromatic nitrogens is 1. The van der Waals surface area contributed by atoms with Crippen LogP contribution in [0.1, 0.15) is 6.92 Å². The first-order chi connectivity index (χ1) is 7.43. The predicted octanol–water partition coefficient (Wildman–Crippen LogP) is 0.143. The molecule has 0 radical (unpaired) electrons. The second-order valence-corrected chi connectivity index (χ2v) is 4.82. The van der Waals surface area contributed by atoms with Crippen LogP contribution < -0.4 is 9.88 Å². The van der Waals surface area contributed by atoms with Crippen molar-refractivity contribution in [1.82, 2.24) is 4.98 Å². The fraction of sp³-hybridized carbons (Fsp3) is 0.444. The first-order valence-corrected chi connectivity index (χ1v) is 6.12. The molecule has 0 aliphatic rings. The third kappa shape index (κ3) is 3.76. The maximum absolute atomic E-state index is 10.9. The Morgan fingerprint density at radius 3 is 2.62 bits per heavy atom. The number of nitrogens with zero attached hydrogens (tertiary/aromatic N) is 1. The summed E-state index contributed by atoms with van der Waals surface area (Å²) in [6.07, 6.45) is 1.00. The molecule has 0 spiro atoms. The summed E-state index contributed by atoms with van der Waals surface area (Å²) in [5, 5.41) is 4.93. The van der Waals surface area contributed by atoms with E-state index in [0.717, 1.165) is 6.20 Å². The van der Waals surface area contributed by atoms with Crippen molar-refractivity contribution in [3.63, 3.8) is 0 Å². The minimum absolute atomic E-state index is 0.0424. The number of ether oxygens (including phenoxy) is 2. The van der Waals surface area contributed by atoms with Gasteiger partial charge in [-0.05, 0) is 13.0 Å². The van der Waals surface area contributed by atoms with Gasteiger partial charge in [-0.15, -0.1) is 0 Å². The summed E-state index contributed by atoms with van der Waals surface area (Å²) in [6, 6.07) is 2.79. The zero-order chi connectivity index (χ0) is 12.2. The Morgan fingerprint density at radius 1 is 1.50 bits per heavy atom. The molecule has 2 N–H and O–H groups in total. The molecule has 0 saturated carbocycles. The molecule has 1 unspecified atom stereocenters. The summed E-state index contributed by atoms with van der Waals surface area (Å²) in [5.74, 6) is 0.331. The van der Waals surface area contributed by atoms with E-state index in [9.17, 15) is 8.42 Å². The van der Waals surface area contributed by atoms with Gasteiger partial charge in [0.15, 0.2) is 0 Å². The van der Waals surface area contributed by atoms with Gasteiger partial charge in [0.25, 0.3) is 0 Å². The fourth-order valence-corrected chi connectivity index (χ4v) is 1.54. The van der Waals surface area contributed by atoms with Gasteiger partial charge >= 0.3 is 0 Å². The Balaban J connectivity index is 2.72. The summed E-state index contributed by atoms with van der Waals surface area (Å²) in [6.45, 7) is 2.25. The van der Waals surface area contributed by atoms with E-state index in [1.807, 2.05) is 6.92 Å². The van der Waals surface area contributed by atoms with Crippen LogP contribution in [0.3, 0.4) is 0 Å². The van der Waals surface area contributed by atoms with Crippen LogP contribution in [0, 0.1) is 0 Å². The molecule has 0 saturated heterocycles. The van der Waals surface area contributed by atoms with Gasteiger partial charge in [0.05, 0.1) is 12.8 Å². The number of primary sulfonamides is 1. The van der Waals surface area contributed by atoms with E-state index >= 15 is 0 Å². The van der Waals surface area contributed by atoms with Crippen LogP contribution in [0.5, 0.6) is 5.88 Å². The lowest BCUT2D eigenvalue weighted by Crippen LogP contribution is -2.19. The zero-order valence-corrected chi connectivity index (χ0v) is 9.90. The number of sulfonamides is 1. The SMILES string of the molecule is COCC(C)Oc1ccc(S(N)(=O)=O)cn1. The van der Waals surface area contributed by atoms with Gasteiger partial charge in [0.2, 0.25) is 15.9 Å². The monoisotopic (exact) mass is 246 g/mol. The maximum atomic E-state index is 10.9. The minimum atomic E-state index is -3.70. The van der Waals surface area contributed by atoms with Crippen molar-refractivity contribution >= 4 is 10.0 Å². The van der Waals surface area contributed by atoms with Crippen molar-refractivity contribution in [3.8, 4) is 5.88 Å². The summed E-state index contributed by atoms with van der Waals surface area (Å²) < 4.78 is 32.1. The summed E-state index contributed by atoms with van der Waals surface area (Å²) >= 11 is 0. The van der Waals surface area contributed by atoms with Gasteiger partial charge < -0.3 is 9.47 Å². The van der Waals surface area contributed by atoms with E-state index in [-0.39, 0.29) is 11.0 Å². The average Bonchev–Trinajstić information content (AvgIpc) is 2.17. The number of rotatable bonds is 5. The number of hydrogen-bond donors (Lipinski definition) is 1. The number of pyridine rings is 1. The molecule has 16 heavy (non-hydrogen) atoms. The van der Waals surface area contributed by atoms with Crippen molar-refractivity contribution in [2.24, 2.45) is 5.14 Å². The summed E-state index contributed by atoms with van der Waals surface area (Å²) in [4.78, 5) is 3.79. The van der Waals surface area contributed by atoms with Crippen LogP contribution >= 0.6 is 0 Å². The van der Waals surface area contributed by atoms with E-state index in [1.54, 1.807) is 7.11 Å². The molecule has 0 amide bonds. The minimum Gasteiger partial charge on any atom is -0.472 e. The lowest BCUT2D eigenvalue weighted by molar-refractivity contribution is 0.0889.